The Morgan fingerprint density at radius 1 is 1.04 bits per heavy atom. The third kappa shape index (κ3) is 5.73. The maximum absolute atomic E-state index is 12.4. The summed E-state index contributed by atoms with van der Waals surface area (Å²) >= 11 is 1.67. The minimum atomic E-state index is 0.256. The molecule has 0 atom stereocenters. The Morgan fingerprint density at radius 3 is 2.58 bits per heavy atom. The second kappa shape index (κ2) is 10.7. The molecule has 0 spiro atoms. The Labute approximate surface area is 151 Å². The second-order valence-electron chi connectivity index (χ2n) is 6.56. The zero-order valence-electron chi connectivity index (χ0n) is 15.3. The predicted molar refractivity (Wildman–Crippen MR) is 106 cm³/mol. The second-order valence-corrected chi connectivity index (χ2v) is 7.58. The molecule has 134 valence electrons. The molecule has 0 unspecified atom stereocenters. The lowest BCUT2D eigenvalue weighted by Gasteiger charge is -2.29. The molecule has 1 aromatic rings. The van der Waals surface area contributed by atoms with Gasteiger partial charge in [0.25, 0.3) is 0 Å². The summed E-state index contributed by atoms with van der Waals surface area (Å²) in [6.45, 7) is 6.30. The van der Waals surface area contributed by atoms with Gasteiger partial charge in [-0.3, -0.25) is 4.79 Å². The van der Waals surface area contributed by atoms with E-state index in [0.29, 0.717) is 5.75 Å². The molecule has 1 aliphatic rings. The van der Waals surface area contributed by atoms with Gasteiger partial charge in [0.05, 0.1) is 11.4 Å². The summed E-state index contributed by atoms with van der Waals surface area (Å²) in [6.07, 6.45) is 9.91. The molecule has 1 aliphatic heterocycles. The van der Waals surface area contributed by atoms with Crippen LogP contribution in [0.2, 0.25) is 0 Å². The van der Waals surface area contributed by atoms with Crippen LogP contribution in [-0.4, -0.2) is 24.7 Å². The van der Waals surface area contributed by atoms with E-state index in [1.807, 2.05) is 4.90 Å². The molecule has 0 saturated carbocycles. The number of thioether (sulfide) groups is 1. The molecule has 0 aromatic heterocycles. The van der Waals surface area contributed by atoms with Crippen molar-refractivity contribution in [2.45, 2.75) is 70.1 Å². The van der Waals surface area contributed by atoms with E-state index in [9.17, 15) is 4.79 Å². The van der Waals surface area contributed by atoms with Crippen LogP contribution in [0.5, 0.6) is 0 Å². The molecule has 3 nitrogen and oxygen atoms in total. The third-order valence-electron chi connectivity index (χ3n) is 4.50. The molecule has 1 N–H and O–H groups in total. The van der Waals surface area contributed by atoms with Gasteiger partial charge in [-0.1, -0.05) is 52.4 Å². The Hall–Kier alpha value is -1.16. The standard InChI is InChI=1S/C20H32N2OS/c1-3-5-7-8-9-10-14-22-18-15-17(21-13-6-4-2)11-12-19(18)24-16-20(22)23/h11-12,15,21H,3-10,13-14,16H2,1-2H3. The molecule has 2 rings (SSSR count). The lowest BCUT2D eigenvalue weighted by Crippen LogP contribution is -2.36. The summed E-state index contributed by atoms with van der Waals surface area (Å²) in [5, 5.41) is 3.47. The molecule has 0 saturated heterocycles. The van der Waals surface area contributed by atoms with E-state index in [-0.39, 0.29) is 5.91 Å². The lowest BCUT2D eigenvalue weighted by molar-refractivity contribution is -0.116. The molecule has 1 heterocycles. The number of carbonyl (C=O) groups is 1. The van der Waals surface area contributed by atoms with E-state index in [1.54, 1.807) is 11.8 Å². The van der Waals surface area contributed by atoms with E-state index in [2.05, 4.69) is 37.4 Å². The van der Waals surface area contributed by atoms with E-state index >= 15 is 0 Å². The summed E-state index contributed by atoms with van der Waals surface area (Å²) in [6, 6.07) is 6.46. The molecule has 4 heteroatoms. The first-order valence-corrected chi connectivity index (χ1v) is 10.6. The number of amides is 1. The van der Waals surface area contributed by atoms with Crippen molar-refractivity contribution < 1.29 is 4.79 Å². The number of benzene rings is 1. The predicted octanol–water partition coefficient (Wildman–Crippen LogP) is 5.70. The fourth-order valence-electron chi connectivity index (χ4n) is 3.02. The summed E-state index contributed by atoms with van der Waals surface area (Å²) in [4.78, 5) is 15.6. The average molecular weight is 349 g/mol. The maximum Gasteiger partial charge on any atom is 0.237 e. The number of rotatable bonds is 11. The minimum absolute atomic E-state index is 0.256. The fourth-order valence-corrected chi connectivity index (χ4v) is 3.93. The van der Waals surface area contributed by atoms with E-state index in [0.717, 1.165) is 30.9 Å². The van der Waals surface area contributed by atoms with Crippen molar-refractivity contribution >= 4 is 29.0 Å². The van der Waals surface area contributed by atoms with Gasteiger partial charge in [-0.25, -0.2) is 0 Å². The molecule has 24 heavy (non-hydrogen) atoms. The Bertz CT molecular complexity index is 518. The number of nitrogens with one attached hydrogen (secondary N) is 1. The number of nitrogens with zero attached hydrogens (tertiary/aromatic N) is 1. The highest BCUT2D eigenvalue weighted by molar-refractivity contribution is 8.00. The normalized spacial score (nSPS) is 13.9. The van der Waals surface area contributed by atoms with Crippen LogP contribution >= 0.6 is 11.8 Å². The SMILES string of the molecule is CCCCCCCCN1C(=O)CSc2ccc(NCCCC)cc21. The number of hydrogen-bond donors (Lipinski definition) is 1. The number of unbranched alkanes of at least 4 members (excludes halogenated alkanes) is 6. The fraction of sp³-hybridized carbons (Fsp3) is 0.650. The maximum atomic E-state index is 12.4. The van der Waals surface area contributed by atoms with Crippen LogP contribution < -0.4 is 10.2 Å². The molecular formula is C20H32N2OS. The van der Waals surface area contributed by atoms with Crippen molar-refractivity contribution in [3.05, 3.63) is 18.2 Å². The van der Waals surface area contributed by atoms with Crippen molar-refractivity contribution in [1.29, 1.82) is 0 Å². The Morgan fingerprint density at radius 2 is 1.79 bits per heavy atom. The first-order chi connectivity index (χ1) is 11.8. The first kappa shape index (κ1) is 19.2. The van der Waals surface area contributed by atoms with Crippen LogP contribution in [-0.2, 0) is 4.79 Å². The van der Waals surface area contributed by atoms with Crippen molar-refractivity contribution in [1.82, 2.24) is 0 Å². The van der Waals surface area contributed by atoms with Crippen molar-refractivity contribution in [2.24, 2.45) is 0 Å². The van der Waals surface area contributed by atoms with Crippen LogP contribution in [0.15, 0.2) is 23.1 Å². The lowest BCUT2D eigenvalue weighted by atomic mass is 10.1. The largest absolute Gasteiger partial charge is 0.385 e. The zero-order valence-corrected chi connectivity index (χ0v) is 16.1. The van der Waals surface area contributed by atoms with Gasteiger partial charge in [0.15, 0.2) is 0 Å². The quantitative estimate of drug-likeness (QED) is 0.521. The molecule has 1 aromatic carbocycles. The van der Waals surface area contributed by atoms with E-state index in [4.69, 9.17) is 0 Å². The Kier molecular flexibility index (Phi) is 8.51. The van der Waals surface area contributed by atoms with Gasteiger partial charge in [0.1, 0.15) is 0 Å². The van der Waals surface area contributed by atoms with Gasteiger partial charge in [-0.05, 0) is 31.0 Å². The highest BCUT2D eigenvalue weighted by atomic mass is 32.2. The molecule has 0 radical (unpaired) electrons. The van der Waals surface area contributed by atoms with Gasteiger partial charge >= 0.3 is 0 Å². The van der Waals surface area contributed by atoms with Gasteiger partial charge < -0.3 is 10.2 Å². The summed E-state index contributed by atoms with van der Waals surface area (Å²) in [7, 11) is 0. The highest BCUT2D eigenvalue weighted by Crippen LogP contribution is 2.37. The van der Waals surface area contributed by atoms with Crippen LogP contribution in [0.3, 0.4) is 0 Å². The van der Waals surface area contributed by atoms with Crippen LogP contribution in [0.25, 0.3) is 0 Å². The van der Waals surface area contributed by atoms with E-state index in [1.165, 1.54) is 49.8 Å². The molecule has 1 amide bonds. The van der Waals surface area contributed by atoms with Crippen LogP contribution in [0, 0.1) is 0 Å². The van der Waals surface area contributed by atoms with E-state index < -0.39 is 0 Å². The molecule has 0 fully saturated rings. The Balaban J connectivity index is 1.94. The highest BCUT2D eigenvalue weighted by Gasteiger charge is 2.24. The minimum Gasteiger partial charge on any atom is -0.385 e. The van der Waals surface area contributed by atoms with Crippen molar-refractivity contribution in [3.63, 3.8) is 0 Å². The van der Waals surface area contributed by atoms with Gasteiger partial charge in [0.2, 0.25) is 5.91 Å². The van der Waals surface area contributed by atoms with Crippen molar-refractivity contribution in [2.75, 3.05) is 29.1 Å². The number of carbonyl (C=O) groups excluding carboxylic acids is 1. The third-order valence-corrected chi connectivity index (χ3v) is 5.54. The smallest absolute Gasteiger partial charge is 0.237 e. The molecule has 0 bridgehead atoms. The monoisotopic (exact) mass is 348 g/mol. The number of fused-ring (bicyclic) bond motifs is 1. The van der Waals surface area contributed by atoms with Gasteiger partial charge in [-0.15, -0.1) is 11.8 Å². The van der Waals surface area contributed by atoms with Crippen LogP contribution in [0.1, 0.15) is 65.2 Å². The molecular weight excluding hydrogens is 316 g/mol. The summed E-state index contributed by atoms with van der Waals surface area (Å²) < 4.78 is 0. The number of hydrogen-bond acceptors (Lipinski definition) is 3. The van der Waals surface area contributed by atoms with Gasteiger partial charge in [-0.2, -0.15) is 0 Å². The summed E-state index contributed by atoms with van der Waals surface area (Å²) in [5.74, 6) is 0.831. The van der Waals surface area contributed by atoms with Gasteiger partial charge in [0, 0.05) is 23.7 Å². The van der Waals surface area contributed by atoms with Crippen LogP contribution in [0.4, 0.5) is 11.4 Å². The number of anilines is 2. The summed E-state index contributed by atoms with van der Waals surface area (Å²) in [5.41, 5.74) is 2.23. The topological polar surface area (TPSA) is 32.3 Å². The van der Waals surface area contributed by atoms with Crippen molar-refractivity contribution in [3.8, 4) is 0 Å². The zero-order chi connectivity index (χ0) is 17.2. The first-order valence-electron chi connectivity index (χ1n) is 9.57. The average Bonchev–Trinajstić information content (AvgIpc) is 2.60. The molecule has 0 aliphatic carbocycles.